The van der Waals surface area contributed by atoms with Gasteiger partial charge in [-0.05, 0) is 48.2 Å². The summed E-state index contributed by atoms with van der Waals surface area (Å²) in [6.07, 6.45) is 1.88. The van der Waals surface area contributed by atoms with Crippen LogP contribution < -0.4 is 10.2 Å². The van der Waals surface area contributed by atoms with Gasteiger partial charge in [-0.15, -0.1) is 0 Å². The lowest BCUT2D eigenvalue weighted by molar-refractivity contribution is 0.0989. The lowest BCUT2D eigenvalue weighted by Crippen LogP contribution is -2.28. The van der Waals surface area contributed by atoms with Crippen molar-refractivity contribution in [2.75, 3.05) is 16.8 Å². The second kappa shape index (κ2) is 8.67. The van der Waals surface area contributed by atoms with Crippen LogP contribution in [0.3, 0.4) is 0 Å². The van der Waals surface area contributed by atoms with Gasteiger partial charge in [-0.3, -0.25) is 4.79 Å². The number of aryl methyl sites for hydroxylation is 1. The minimum atomic E-state index is 0.00852. The summed E-state index contributed by atoms with van der Waals surface area (Å²) in [5.74, 6) is 1.07. The maximum atomic E-state index is 13.1. The van der Waals surface area contributed by atoms with E-state index in [-0.39, 0.29) is 5.91 Å². The third-order valence-corrected chi connectivity index (χ3v) is 5.77. The Morgan fingerprint density at radius 3 is 2.75 bits per heavy atom. The van der Waals surface area contributed by atoms with Crippen LogP contribution in [0.4, 0.5) is 11.4 Å². The van der Waals surface area contributed by atoms with E-state index in [1.165, 1.54) is 11.1 Å². The molecule has 0 spiro atoms. The molecule has 0 bridgehead atoms. The van der Waals surface area contributed by atoms with E-state index in [1.54, 1.807) is 0 Å². The lowest BCUT2D eigenvalue weighted by Gasteiger charge is -2.18. The van der Waals surface area contributed by atoms with Gasteiger partial charge < -0.3 is 14.7 Å². The summed E-state index contributed by atoms with van der Waals surface area (Å²) < 4.78 is 5.40. The first-order valence-electron chi connectivity index (χ1n) is 10.9. The predicted molar refractivity (Wildman–Crippen MR) is 125 cm³/mol. The van der Waals surface area contributed by atoms with Crippen molar-refractivity contribution in [3.63, 3.8) is 0 Å². The standard InChI is InChI=1S/C26H24N4O2/c1-2-18-10-12-20(13-11-18)25-28-24(32-29-25)17-27-22-8-5-7-21(16-22)26(31)30-15-14-19-6-3-4-9-23(19)30/h3-13,16,27H,2,14-15,17H2,1H3. The van der Waals surface area contributed by atoms with Crippen LogP contribution in [0.5, 0.6) is 0 Å². The average molecular weight is 425 g/mol. The smallest absolute Gasteiger partial charge is 0.258 e. The Labute approximate surface area is 186 Å². The van der Waals surface area contributed by atoms with E-state index in [1.807, 2.05) is 59.5 Å². The molecular formula is C26H24N4O2. The molecule has 160 valence electrons. The largest absolute Gasteiger partial charge is 0.376 e. The molecule has 2 heterocycles. The summed E-state index contributed by atoms with van der Waals surface area (Å²) >= 11 is 0. The van der Waals surface area contributed by atoms with Crippen molar-refractivity contribution in [2.24, 2.45) is 0 Å². The number of fused-ring (bicyclic) bond motifs is 1. The molecular weight excluding hydrogens is 400 g/mol. The Hall–Kier alpha value is -3.93. The van der Waals surface area contributed by atoms with Gasteiger partial charge in [-0.25, -0.2) is 0 Å². The van der Waals surface area contributed by atoms with E-state index in [4.69, 9.17) is 4.52 Å². The highest BCUT2D eigenvalue weighted by molar-refractivity contribution is 6.07. The minimum Gasteiger partial charge on any atom is -0.376 e. The summed E-state index contributed by atoms with van der Waals surface area (Å²) in [6.45, 7) is 3.21. The van der Waals surface area contributed by atoms with Crippen LogP contribution in [-0.2, 0) is 19.4 Å². The Morgan fingerprint density at radius 1 is 1.06 bits per heavy atom. The Balaban J connectivity index is 1.26. The molecule has 6 nitrogen and oxygen atoms in total. The van der Waals surface area contributed by atoms with E-state index in [9.17, 15) is 4.79 Å². The zero-order valence-electron chi connectivity index (χ0n) is 17.9. The van der Waals surface area contributed by atoms with Gasteiger partial charge in [0.15, 0.2) is 0 Å². The van der Waals surface area contributed by atoms with Gasteiger partial charge >= 0.3 is 0 Å². The molecule has 0 aliphatic carbocycles. The van der Waals surface area contributed by atoms with Gasteiger partial charge in [-0.1, -0.05) is 60.6 Å². The molecule has 0 unspecified atom stereocenters. The van der Waals surface area contributed by atoms with Crippen LogP contribution in [0.2, 0.25) is 0 Å². The lowest BCUT2D eigenvalue weighted by atomic mass is 10.1. The zero-order chi connectivity index (χ0) is 21.9. The highest BCUT2D eigenvalue weighted by atomic mass is 16.5. The van der Waals surface area contributed by atoms with Crippen LogP contribution in [0.1, 0.15) is 34.3 Å². The molecule has 0 saturated heterocycles. The summed E-state index contributed by atoms with van der Waals surface area (Å²) in [4.78, 5) is 19.4. The van der Waals surface area contributed by atoms with Crippen molar-refractivity contribution in [1.82, 2.24) is 10.1 Å². The van der Waals surface area contributed by atoms with Gasteiger partial charge in [0.05, 0.1) is 6.54 Å². The molecule has 0 atom stereocenters. The average Bonchev–Trinajstić information content (AvgIpc) is 3.50. The second-order valence-corrected chi connectivity index (χ2v) is 7.83. The molecule has 1 aliphatic rings. The van der Waals surface area contributed by atoms with Crippen LogP contribution in [0.25, 0.3) is 11.4 Å². The van der Waals surface area contributed by atoms with Gasteiger partial charge in [0.1, 0.15) is 0 Å². The SMILES string of the molecule is CCc1ccc(-c2noc(CNc3cccc(C(=O)N4CCc5ccccc54)c3)n2)cc1. The zero-order valence-corrected chi connectivity index (χ0v) is 17.9. The molecule has 1 aliphatic heterocycles. The van der Waals surface area contributed by atoms with Crippen molar-refractivity contribution < 1.29 is 9.32 Å². The van der Waals surface area contributed by atoms with Crippen molar-refractivity contribution in [3.8, 4) is 11.4 Å². The topological polar surface area (TPSA) is 71.3 Å². The number of para-hydroxylation sites is 1. The Kier molecular flexibility index (Phi) is 5.42. The molecule has 32 heavy (non-hydrogen) atoms. The molecule has 3 aromatic carbocycles. The molecule has 4 aromatic rings. The first-order chi connectivity index (χ1) is 15.7. The number of rotatable bonds is 6. The number of anilines is 2. The van der Waals surface area contributed by atoms with Crippen LogP contribution >= 0.6 is 0 Å². The van der Waals surface area contributed by atoms with Crippen molar-refractivity contribution in [3.05, 3.63) is 95.4 Å². The number of benzene rings is 3. The van der Waals surface area contributed by atoms with E-state index >= 15 is 0 Å². The summed E-state index contributed by atoms with van der Waals surface area (Å²) in [7, 11) is 0. The molecule has 0 radical (unpaired) electrons. The van der Waals surface area contributed by atoms with Crippen molar-refractivity contribution in [1.29, 1.82) is 0 Å². The van der Waals surface area contributed by atoms with E-state index in [0.29, 0.717) is 30.4 Å². The number of hydrogen-bond acceptors (Lipinski definition) is 5. The van der Waals surface area contributed by atoms with Crippen LogP contribution in [-0.4, -0.2) is 22.6 Å². The Morgan fingerprint density at radius 2 is 1.91 bits per heavy atom. The number of hydrogen-bond donors (Lipinski definition) is 1. The van der Waals surface area contributed by atoms with Crippen LogP contribution in [0, 0.1) is 0 Å². The van der Waals surface area contributed by atoms with Gasteiger partial charge in [0.2, 0.25) is 11.7 Å². The maximum Gasteiger partial charge on any atom is 0.258 e. The fourth-order valence-electron chi connectivity index (χ4n) is 3.98. The highest BCUT2D eigenvalue weighted by Crippen LogP contribution is 2.29. The van der Waals surface area contributed by atoms with Crippen molar-refractivity contribution in [2.45, 2.75) is 26.3 Å². The number of aromatic nitrogens is 2. The van der Waals surface area contributed by atoms with Crippen LogP contribution in [0.15, 0.2) is 77.3 Å². The minimum absolute atomic E-state index is 0.00852. The normalized spacial score (nSPS) is 12.6. The quantitative estimate of drug-likeness (QED) is 0.465. The summed E-state index contributed by atoms with van der Waals surface area (Å²) in [5.41, 5.74) is 5.89. The van der Waals surface area contributed by atoms with E-state index < -0.39 is 0 Å². The molecule has 1 amide bonds. The second-order valence-electron chi connectivity index (χ2n) is 7.83. The highest BCUT2D eigenvalue weighted by Gasteiger charge is 2.25. The predicted octanol–water partition coefficient (Wildman–Crippen LogP) is 5.11. The monoisotopic (exact) mass is 424 g/mol. The number of carbonyl (C=O) groups excluding carboxylic acids is 1. The summed E-state index contributed by atoms with van der Waals surface area (Å²) in [6, 6.07) is 23.8. The van der Waals surface area contributed by atoms with E-state index in [0.717, 1.165) is 29.8 Å². The van der Waals surface area contributed by atoms with Crippen molar-refractivity contribution >= 4 is 17.3 Å². The number of nitrogens with one attached hydrogen (secondary N) is 1. The molecule has 0 saturated carbocycles. The van der Waals surface area contributed by atoms with Gasteiger partial charge in [-0.2, -0.15) is 4.98 Å². The van der Waals surface area contributed by atoms with Gasteiger partial charge in [0.25, 0.3) is 5.91 Å². The number of nitrogens with zero attached hydrogens (tertiary/aromatic N) is 3. The third kappa shape index (κ3) is 3.99. The number of amides is 1. The molecule has 5 rings (SSSR count). The third-order valence-electron chi connectivity index (χ3n) is 5.77. The van der Waals surface area contributed by atoms with Gasteiger partial charge in [0, 0.05) is 29.0 Å². The molecule has 6 heteroatoms. The first kappa shape index (κ1) is 20.0. The maximum absolute atomic E-state index is 13.1. The molecule has 1 aromatic heterocycles. The molecule has 0 fully saturated rings. The fourth-order valence-corrected chi connectivity index (χ4v) is 3.98. The summed E-state index contributed by atoms with van der Waals surface area (Å²) in [5, 5.41) is 7.37. The number of carbonyl (C=O) groups is 1. The first-order valence-corrected chi connectivity index (χ1v) is 10.9. The fraction of sp³-hybridized carbons (Fsp3) is 0.192. The Bertz CT molecular complexity index is 1250. The molecule has 1 N–H and O–H groups in total. The van der Waals surface area contributed by atoms with E-state index in [2.05, 4.69) is 40.6 Å².